The van der Waals surface area contributed by atoms with Gasteiger partial charge >= 0.3 is 0 Å². The molecule has 24 heavy (non-hydrogen) atoms. The molecular formula is C18H19N3O2S. The molecular weight excluding hydrogens is 322 g/mol. The number of aromatic nitrogens is 1. The van der Waals surface area contributed by atoms with Crippen LogP contribution in [0, 0.1) is 12.3 Å². The monoisotopic (exact) mass is 341 g/mol. The van der Waals surface area contributed by atoms with Gasteiger partial charge in [0.15, 0.2) is 0 Å². The molecule has 2 aliphatic rings. The standard InChI is InChI=1S/C18H19N3O2S/c1-13-2-3-16(24-13)21-12-18(10-15(21)22)6-9-20(11-18)17(23)14-4-7-19-8-5-14/h2-5,7-8H,6,9-12H2,1H3. The Balaban J connectivity index is 1.50. The predicted molar refractivity (Wildman–Crippen MR) is 93.2 cm³/mol. The van der Waals surface area contributed by atoms with Crippen molar-refractivity contribution in [3.05, 3.63) is 47.1 Å². The number of amides is 2. The van der Waals surface area contributed by atoms with Crippen LogP contribution >= 0.6 is 11.3 Å². The number of carbonyl (C=O) groups excluding carboxylic acids is 2. The summed E-state index contributed by atoms with van der Waals surface area (Å²) in [4.78, 5) is 34.1. The molecule has 0 aromatic carbocycles. The molecule has 4 rings (SSSR count). The lowest BCUT2D eigenvalue weighted by molar-refractivity contribution is -0.117. The van der Waals surface area contributed by atoms with Crippen LogP contribution in [-0.2, 0) is 4.79 Å². The minimum absolute atomic E-state index is 0.0344. The number of aryl methyl sites for hydroxylation is 1. The number of anilines is 1. The van der Waals surface area contributed by atoms with Gasteiger partial charge in [-0.3, -0.25) is 14.6 Å². The van der Waals surface area contributed by atoms with E-state index >= 15 is 0 Å². The van der Waals surface area contributed by atoms with Crippen molar-refractivity contribution in [2.24, 2.45) is 5.41 Å². The molecule has 2 aliphatic heterocycles. The van der Waals surface area contributed by atoms with Crippen LogP contribution in [0.1, 0.15) is 28.1 Å². The molecule has 2 saturated heterocycles. The summed E-state index contributed by atoms with van der Waals surface area (Å²) in [7, 11) is 0. The predicted octanol–water partition coefficient (Wildman–Crippen LogP) is 2.72. The molecule has 1 unspecified atom stereocenters. The molecule has 2 aromatic rings. The Hall–Kier alpha value is -2.21. The molecule has 4 heterocycles. The zero-order valence-electron chi connectivity index (χ0n) is 13.6. The number of likely N-dealkylation sites (tertiary alicyclic amines) is 1. The Morgan fingerprint density at radius 2 is 2.00 bits per heavy atom. The lowest BCUT2D eigenvalue weighted by atomic mass is 9.86. The summed E-state index contributed by atoms with van der Waals surface area (Å²) in [6, 6.07) is 7.56. The van der Waals surface area contributed by atoms with Gasteiger partial charge in [0.2, 0.25) is 5.91 Å². The van der Waals surface area contributed by atoms with Crippen molar-refractivity contribution in [2.45, 2.75) is 19.8 Å². The number of hydrogen-bond donors (Lipinski definition) is 0. The number of pyridine rings is 1. The Morgan fingerprint density at radius 1 is 1.21 bits per heavy atom. The average Bonchev–Trinajstić information content (AvgIpc) is 3.27. The molecule has 1 spiro atoms. The maximum absolute atomic E-state index is 12.6. The molecule has 2 aromatic heterocycles. The van der Waals surface area contributed by atoms with E-state index in [1.54, 1.807) is 35.9 Å². The number of thiophene rings is 1. The topological polar surface area (TPSA) is 53.5 Å². The molecule has 0 N–H and O–H groups in total. The van der Waals surface area contributed by atoms with Crippen LogP contribution in [0.25, 0.3) is 0 Å². The van der Waals surface area contributed by atoms with Crippen LogP contribution in [0.5, 0.6) is 0 Å². The van der Waals surface area contributed by atoms with Gasteiger partial charge in [0.05, 0.1) is 5.00 Å². The summed E-state index contributed by atoms with van der Waals surface area (Å²) >= 11 is 1.65. The average molecular weight is 341 g/mol. The first-order chi connectivity index (χ1) is 11.6. The fourth-order valence-corrected chi connectivity index (χ4v) is 4.60. The van der Waals surface area contributed by atoms with E-state index < -0.39 is 0 Å². The molecule has 5 nitrogen and oxygen atoms in total. The number of nitrogens with zero attached hydrogens (tertiary/aromatic N) is 3. The van der Waals surface area contributed by atoms with Gasteiger partial charge in [0.25, 0.3) is 5.91 Å². The Kier molecular flexibility index (Phi) is 3.64. The van der Waals surface area contributed by atoms with Gasteiger partial charge in [-0.25, -0.2) is 0 Å². The smallest absolute Gasteiger partial charge is 0.253 e. The SMILES string of the molecule is Cc1ccc(N2CC3(CCN(C(=O)c4ccncc4)C3)CC2=O)s1. The largest absolute Gasteiger partial charge is 0.338 e. The molecule has 124 valence electrons. The van der Waals surface area contributed by atoms with E-state index in [-0.39, 0.29) is 17.2 Å². The van der Waals surface area contributed by atoms with Crippen LogP contribution in [0.15, 0.2) is 36.7 Å². The Bertz CT molecular complexity index is 789. The second kappa shape index (κ2) is 5.70. The molecule has 2 amide bonds. The van der Waals surface area contributed by atoms with Gasteiger partial charge in [-0.2, -0.15) is 0 Å². The van der Waals surface area contributed by atoms with Crippen molar-refractivity contribution in [3.8, 4) is 0 Å². The Labute approximate surface area is 144 Å². The van der Waals surface area contributed by atoms with Crippen molar-refractivity contribution in [2.75, 3.05) is 24.5 Å². The summed E-state index contributed by atoms with van der Waals surface area (Å²) in [6.45, 7) is 4.13. The highest BCUT2D eigenvalue weighted by Gasteiger charge is 2.49. The number of rotatable bonds is 2. The van der Waals surface area contributed by atoms with Gasteiger partial charge in [-0.05, 0) is 37.6 Å². The number of hydrogen-bond acceptors (Lipinski definition) is 4. The van der Waals surface area contributed by atoms with Crippen molar-refractivity contribution in [1.29, 1.82) is 0 Å². The van der Waals surface area contributed by atoms with Gasteiger partial charge in [0, 0.05) is 54.3 Å². The fourth-order valence-electron chi connectivity index (χ4n) is 3.72. The van der Waals surface area contributed by atoms with Gasteiger partial charge in [0.1, 0.15) is 0 Å². The zero-order valence-corrected chi connectivity index (χ0v) is 14.4. The van der Waals surface area contributed by atoms with Crippen molar-refractivity contribution in [1.82, 2.24) is 9.88 Å². The maximum Gasteiger partial charge on any atom is 0.253 e. The first kappa shape index (κ1) is 15.3. The highest BCUT2D eigenvalue weighted by atomic mass is 32.1. The molecule has 6 heteroatoms. The van der Waals surface area contributed by atoms with Crippen LogP contribution < -0.4 is 4.90 Å². The van der Waals surface area contributed by atoms with E-state index in [2.05, 4.69) is 11.9 Å². The van der Waals surface area contributed by atoms with E-state index in [4.69, 9.17) is 0 Å². The first-order valence-electron chi connectivity index (χ1n) is 8.12. The lowest BCUT2D eigenvalue weighted by Crippen LogP contribution is -2.34. The van der Waals surface area contributed by atoms with E-state index in [0.717, 1.165) is 11.4 Å². The third kappa shape index (κ3) is 2.60. The summed E-state index contributed by atoms with van der Waals surface area (Å²) in [5.41, 5.74) is 0.564. The molecule has 1 atom stereocenters. The summed E-state index contributed by atoms with van der Waals surface area (Å²) in [5.74, 6) is 0.210. The molecule has 0 bridgehead atoms. The highest BCUT2D eigenvalue weighted by molar-refractivity contribution is 7.16. The first-order valence-corrected chi connectivity index (χ1v) is 8.94. The van der Waals surface area contributed by atoms with Crippen LogP contribution in [0.2, 0.25) is 0 Å². The van der Waals surface area contributed by atoms with Gasteiger partial charge in [-0.1, -0.05) is 0 Å². The normalized spacial score (nSPS) is 23.5. The Morgan fingerprint density at radius 3 is 2.71 bits per heavy atom. The van der Waals surface area contributed by atoms with Gasteiger partial charge < -0.3 is 9.80 Å². The molecule has 0 saturated carbocycles. The van der Waals surface area contributed by atoms with Crippen molar-refractivity contribution < 1.29 is 9.59 Å². The number of carbonyl (C=O) groups is 2. The third-order valence-electron chi connectivity index (χ3n) is 4.97. The van der Waals surface area contributed by atoms with E-state index in [0.29, 0.717) is 31.6 Å². The van der Waals surface area contributed by atoms with Crippen LogP contribution in [-0.4, -0.2) is 41.3 Å². The summed E-state index contributed by atoms with van der Waals surface area (Å²) < 4.78 is 0. The fraction of sp³-hybridized carbons (Fsp3) is 0.389. The highest BCUT2D eigenvalue weighted by Crippen LogP contribution is 2.43. The molecule has 0 radical (unpaired) electrons. The summed E-state index contributed by atoms with van der Waals surface area (Å²) in [5, 5.41) is 1.02. The van der Waals surface area contributed by atoms with Crippen molar-refractivity contribution >= 4 is 28.2 Å². The van der Waals surface area contributed by atoms with E-state index in [1.807, 2.05) is 21.9 Å². The summed E-state index contributed by atoms with van der Waals surface area (Å²) in [6.07, 6.45) is 4.69. The van der Waals surface area contributed by atoms with Crippen molar-refractivity contribution in [3.63, 3.8) is 0 Å². The lowest BCUT2D eigenvalue weighted by Gasteiger charge is -2.23. The van der Waals surface area contributed by atoms with E-state index in [9.17, 15) is 9.59 Å². The second-order valence-corrected chi connectivity index (χ2v) is 8.02. The quantitative estimate of drug-likeness (QED) is 0.844. The zero-order chi connectivity index (χ0) is 16.7. The van der Waals surface area contributed by atoms with Crippen LogP contribution in [0.4, 0.5) is 5.00 Å². The maximum atomic E-state index is 12.6. The minimum atomic E-state index is -0.0995. The van der Waals surface area contributed by atoms with E-state index in [1.165, 1.54) is 4.88 Å². The van der Waals surface area contributed by atoms with Gasteiger partial charge in [-0.15, -0.1) is 11.3 Å². The molecule has 2 fully saturated rings. The van der Waals surface area contributed by atoms with Crippen LogP contribution in [0.3, 0.4) is 0 Å². The second-order valence-electron chi connectivity index (χ2n) is 6.75. The molecule has 0 aliphatic carbocycles. The minimum Gasteiger partial charge on any atom is -0.338 e. The third-order valence-corrected chi connectivity index (χ3v) is 5.99.